The largest absolute Gasteiger partial charge is 0.362 e. The average molecular weight is 291 g/mol. The van der Waals surface area contributed by atoms with Gasteiger partial charge in [0.15, 0.2) is 5.69 Å². The molecule has 0 radical (unpaired) electrons. The Labute approximate surface area is 122 Å². The first-order valence-corrected chi connectivity index (χ1v) is 6.56. The summed E-state index contributed by atoms with van der Waals surface area (Å²) in [7, 11) is 1.55. The van der Waals surface area contributed by atoms with Crippen molar-refractivity contribution < 1.29 is 4.79 Å². The maximum Gasteiger partial charge on any atom is 0.271 e. The lowest BCUT2D eigenvalue weighted by Gasteiger charge is -2.14. The molecule has 1 atom stereocenters. The van der Waals surface area contributed by atoms with Crippen LogP contribution >= 0.6 is 11.6 Å². The number of aromatic nitrogens is 2. The smallest absolute Gasteiger partial charge is 0.271 e. The molecule has 0 saturated carbocycles. The van der Waals surface area contributed by atoms with E-state index in [4.69, 9.17) is 11.6 Å². The van der Waals surface area contributed by atoms with Gasteiger partial charge < -0.3 is 10.6 Å². The van der Waals surface area contributed by atoms with Gasteiger partial charge in [-0.2, -0.15) is 0 Å². The third-order valence-corrected chi connectivity index (χ3v) is 3.11. The molecule has 0 aliphatic rings. The Bertz CT molecular complexity index is 583. The normalized spacial score (nSPS) is 11.8. The number of carbonyl (C=O) groups excluding carboxylic acids is 1. The number of benzene rings is 1. The Balaban J connectivity index is 2.06. The molecule has 0 saturated heterocycles. The van der Waals surface area contributed by atoms with E-state index < -0.39 is 0 Å². The number of hydrogen-bond acceptors (Lipinski definition) is 4. The summed E-state index contributed by atoms with van der Waals surface area (Å²) in [6.07, 6.45) is 0. The van der Waals surface area contributed by atoms with E-state index in [1.54, 1.807) is 19.2 Å². The van der Waals surface area contributed by atoms with Crippen LogP contribution in [0.1, 0.15) is 29.0 Å². The van der Waals surface area contributed by atoms with Crippen LogP contribution < -0.4 is 10.6 Å². The van der Waals surface area contributed by atoms with Crippen LogP contribution in [-0.4, -0.2) is 23.2 Å². The number of nitrogens with zero attached hydrogens (tertiary/aromatic N) is 2. The van der Waals surface area contributed by atoms with Crippen molar-refractivity contribution in [3.8, 4) is 0 Å². The Morgan fingerprint density at radius 3 is 2.40 bits per heavy atom. The first kappa shape index (κ1) is 14.3. The number of hydrogen-bond donors (Lipinski definition) is 2. The molecule has 0 aliphatic carbocycles. The van der Waals surface area contributed by atoms with Crippen molar-refractivity contribution in [1.29, 1.82) is 0 Å². The highest BCUT2D eigenvalue weighted by Crippen LogP contribution is 2.19. The average Bonchev–Trinajstić information content (AvgIpc) is 2.48. The van der Waals surface area contributed by atoms with Crippen molar-refractivity contribution in [3.05, 3.63) is 52.7 Å². The fourth-order valence-electron chi connectivity index (χ4n) is 1.72. The van der Waals surface area contributed by atoms with E-state index >= 15 is 0 Å². The van der Waals surface area contributed by atoms with Crippen molar-refractivity contribution in [3.63, 3.8) is 0 Å². The van der Waals surface area contributed by atoms with Crippen LogP contribution in [0.3, 0.4) is 0 Å². The van der Waals surface area contributed by atoms with Crippen molar-refractivity contribution in [1.82, 2.24) is 15.5 Å². The van der Waals surface area contributed by atoms with Crippen LogP contribution in [0.15, 0.2) is 36.4 Å². The molecule has 2 N–H and O–H groups in total. The fraction of sp³-hybridized carbons (Fsp3) is 0.214. The van der Waals surface area contributed by atoms with Crippen molar-refractivity contribution >= 4 is 23.3 Å². The molecular weight excluding hydrogens is 276 g/mol. The lowest BCUT2D eigenvalue weighted by molar-refractivity contribution is 0.0957. The van der Waals surface area contributed by atoms with Crippen LogP contribution in [0.25, 0.3) is 0 Å². The van der Waals surface area contributed by atoms with E-state index in [0.717, 1.165) is 5.56 Å². The van der Waals surface area contributed by atoms with Crippen LogP contribution in [0, 0.1) is 0 Å². The molecule has 1 aromatic carbocycles. The zero-order valence-corrected chi connectivity index (χ0v) is 12.0. The third-order valence-electron chi connectivity index (χ3n) is 2.86. The van der Waals surface area contributed by atoms with E-state index in [0.29, 0.717) is 10.8 Å². The van der Waals surface area contributed by atoms with E-state index in [2.05, 4.69) is 20.8 Å². The SMILES string of the molecule is CNC(=O)c1ccc(NC(C)c2ccc(Cl)cc2)nn1. The molecule has 2 rings (SSSR count). The molecule has 20 heavy (non-hydrogen) atoms. The van der Waals surface area contributed by atoms with Crippen molar-refractivity contribution in [2.75, 3.05) is 12.4 Å². The second kappa shape index (κ2) is 6.34. The van der Waals surface area contributed by atoms with Crippen LogP contribution in [0.5, 0.6) is 0 Å². The van der Waals surface area contributed by atoms with Gasteiger partial charge >= 0.3 is 0 Å². The monoisotopic (exact) mass is 290 g/mol. The number of nitrogens with one attached hydrogen (secondary N) is 2. The maximum atomic E-state index is 11.4. The van der Waals surface area contributed by atoms with Gasteiger partial charge in [-0.15, -0.1) is 10.2 Å². The van der Waals surface area contributed by atoms with E-state index in [-0.39, 0.29) is 17.6 Å². The van der Waals surface area contributed by atoms with E-state index in [9.17, 15) is 4.79 Å². The molecule has 1 heterocycles. The molecule has 1 unspecified atom stereocenters. The molecule has 2 aromatic rings. The summed E-state index contributed by atoms with van der Waals surface area (Å²) in [5, 5.41) is 14.3. The first-order valence-electron chi connectivity index (χ1n) is 6.18. The predicted octanol–water partition coefficient (Wildman–Crippen LogP) is 2.66. The summed E-state index contributed by atoms with van der Waals surface area (Å²) in [5.74, 6) is 0.356. The lowest BCUT2D eigenvalue weighted by atomic mass is 10.1. The highest BCUT2D eigenvalue weighted by Gasteiger charge is 2.08. The summed E-state index contributed by atoms with van der Waals surface area (Å²) in [5.41, 5.74) is 1.38. The molecule has 0 bridgehead atoms. The van der Waals surface area contributed by atoms with E-state index in [1.165, 1.54) is 0 Å². The molecule has 0 aliphatic heterocycles. The van der Waals surface area contributed by atoms with Gasteiger partial charge in [0.25, 0.3) is 5.91 Å². The molecule has 0 spiro atoms. The Morgan fingerprint density at radius 2 is 1.85 bits per heavy atom. The highest BCUT2D eigenvalue weighted by atomic mass is 35.5. The highest BCUT2D eigenvalue weighted by molar-refractivity contribution is 6.30. The zero-order chi connectivity index (χ0) is 14.5. The lowest BCUT2D eigenvalue weighted by Crippen LogP contribution is -2.20. The maximum absolute atomic E-state index is 11.4. The van der Waals surface area contributed by atoms with Gasteiger partial charge in [-0.3, -0.25) is 4.79 Å². The zero-order valence-electron chi connectivity index (χ0n) is 11.2. The van der Waals surface area contributed by atoms with Crippen molar-refractivity contribution in [2.45, 2.75) is 13.0 Å². The fourth-order valence-corrected chi connectivity index (χ4v) is 1.84. The molecule has 6 heteroatoms. The van der Waals surface area contributed by atoms with Gasteiger partial charge in [-0.1, -0.05) is 23.7 Å². The number of anilines is 1. The van der Waals surface area contributed by atoms with Crippen molar-refractivity contribution in [2.24, 2.45) is 0 Å². The van der Waals surface area contributed by atoms with Gasteiger partial charge in [0.1, 0.15) is 5.82 Å². The number of rotatable bonds is 4. The molecule has 5 nitrogen and oxygen atoms in total. The van der Waals surface area contributed by atoms with Gasteiger partial charge in [0.05, 0.1) is 6.04 Å². The minimum Gasteiger partial charge on any atom is -0.362 e. The van der Waals surface area contributed by atoms with Gasteiger partial charge in [0, 0.05) is 12.1 Å². The van der Waals surface area contributed by atoms with Crippen LogP contribution in [-0.2, 0) is 0 Å². The quantitative estimate of drug-likeness (QED) is 0.908. The Kier molecular flexibility index (Phi) is 4.53. The Morgan fingerprint density at radius 1 is 1.15 bits per heavy atom. The second-order valence-corrected chi connectivity index (χ2v) is 4.74. The molecule has 1 aromatic heterocycles. The standard InChI is InChI=1S/C14H15ClN4O/c1-9(10-3-5-11(15)6-4-10)17-13-8-7-12(18-19-13)14(20)16-2/h3-9H,1-2H3,(H,16,20)(H,17,19). The molecular formula is C14H15ClN4O. The van der Waals surface area contributed by atoms with Gasteiger partial charge in [-0.25, -0.2) is 0 Å². The summed E-state index contributed by atoms with van der Waals surface area (Å²) in [6.45, 7) is 2.01. The summed E-state index contributed by atoms with van der Waals surface area (Å²) >= 11 is 5.86. The molecule has 1 amide bonds. The molecule has 104 valence electrons. The summed E-state index contributed by atoms with van der Waals surface area (Å²) in [4.78, 5) is 11.4. The van der Waals surface area contributed by atoms with Gasteiger partial charge in [-0.05, 0) is 36.8 Å². The third kappa shape index (κ3) is 3.45. The van der Waals surface area contributed by atoms with Gasteiger partial charge in [0.2, 0.25) is 0 Å². The number of amides is 1. The predicted molar refractivity (Wildman–Crippen MR) is 78.9 cm³/mol. The van der Waals surface area contributed by atoms with Crippen LogP contribution in [0.2, 0.25) is 5.02 Å². The number of carbonyl (C=O) groups is 1. The Hall–Kier alpha value is -2.14. The summed E-state index contributed by atoms with van der Waals surface area (Å²) in [6, 6.07) is 11.0. The molecule has 0 fully saturated rings. The minimum absolute atomic E-state index is 0.0624. The topological polar surface area (TPSA) is 66.9 Å². The second-order valence-electron chi connectivity index (χ2n) is 4.30. The van der Waals surface area contributed by atoms with Crippen LogP contribution in [0.4, 0.5) is 5.82 Å². The minimum atomic E-state index is -0.255. The first-order chi connectivity index (χ1) is 9.60. The number of halogens is 1. The van der Waals surface area contributed by atoms with E-state index in [1.807, 2.05) is 31.2 Å². The summed E-state index contributed by atoms with van der Waals surface area (Å²) < 4.78 is 0.